The van der Waals surface area contributed by atoms with E-state index in [1.165, 1.54) is 32.1 Å². The molecule has 0 N–H and O–H groups in total. The molecule has 4 rings (SSSR count). The molecule has 0 spiro atoms. The molecular weight excluding hydrogens is 252 g/mol. The van der Waals surface area contributed by atoms with Crippen LogP contribution in [0.1, 0.15) is 51.0 Å². The van der Waals surface area contributed by atoms with Crippen molar-refractivity contribution in [2.45, 2.75) is 45.4 Å². The minimum absolute atomic E-state index is 0.292. The van der Waals surface area contributed by atoms with Crippen LogP contribution in [0.5, 0.6) is 0 Å². The monoisotopic (exact) mass is 274 g/mol. The molecule has 21 heavy (non-hydrogen) atoms. The minimum atomic E-state index is 0.292. The lowest BCUT2D eigenvalue weighted by Crippen LogP contribution is -2.18. The summed E-state index contributed by atoms with van der Waals surface area (Å²) in [5.74, 6) is 15.8. The van der Waals surface area contributed by atoms with Gasteiger partial charge in [0.2, 0.25) is 0 Å². The van der Waals surface area contributed by atoms with Crippen molar-refractivity contribution in [2.24, 2.45) is 22.7 Å². The highest BCUT2D eigenvalue weighted by Gasteiger charge is 2.97. The first-order chi connectivity index (χ1) is 10.4. The van der Waals surface area contributed by atoms with Crippen molar-refractivity contribution in [3.05, 3.63) is 35.9 Å². The molecule has 0 heteroatoms. The first kappa shape index (κ1) is 13.0. The van der Waals surface area contributed by atoms with Gasteiger partial charge in [0.25, 0.3) is 0 Å². The maximum Gasteiger partial charge on any atom is 0.0576 e. The number of fused-ring (bicyclic) bond motifs is 2. The van der Waals surface area contributed by atoms with Crippen LogP contribution >= 0.6 is 0 Å². The van der Waals surface area contributed by atoms with Crippen LogP contribution in [0.25, 0.3) is 0 Å². The smallest absolute Gasteiger partial charge is 0.0576 e. The topological polar surface area (TPSA) is 0 Å². The maximum atomic E-state index is 3.67. The summed E-state index contributed by atoms with van der Waals surface area (Å²) in [6, 6.07) is 10.4. The highest BCUT2D eigenvalue weighted by Crippen LogP contribution is 2.97. The molecule has 0 saturated heterocycles. The van der Waals surface area contributed by atoms with Crippen molar-refractivity contribution >= 4 is 0 Å². The van der Waals surface area contributed by atoms with Gasteiger partial charge in [-0.05, 0) is 43.2 Å². The van der Waals surface area contributed by atoms with Crippen molar-refractivity contribution in [3.63, 3.8) is 0 Å². The van der Waals surface area contributed by atoms with Crippen LogP contribution in [0.4, 0.5) is 0 Å². The van der Waals surface area contributed by atoms with Gasteiger partial charge in [0, 0.05) is 12.0 Å². The molecule has 0 nitrogen and oxygen atoms in total. The maximum absolute atomic E-state index is 3.67. The number of benzene rings is 1. The van der Waals surface area contributed by atoms with Gasteiger partial charge >= 0.3 is 0 Å². The number of rotatable bonds is 2. The van der Waals surface area contributed by atoms with Gasteiger partial charge in [-0.15, -0.1) is 5.92 Å². The Kier molecular flexibility index (Phi) is 2.90. The van der Waals surface area contributed by atoms with Crippen molar-refractivity contribution in [3.8, 4) is 23.7 Å². The van der Waals surface area contributed by atoms with Crippen LogP contribution in [-0.4, -0.2) is 0 Å². The lowest BCUT2D eigenvalue weighted by atomic mass is 9.79. The molecule has 3 fully saturated rings. The van der Waals surface area contributed by atoms with E-state index in [9.17, 15) is 0 Å². The van der Waals surface area contributed by atoms with E-state index in [1.807, 2.05) is 0 Å². The Morgan fingerprint density at radius 2 is 1.76 bits per heavy atom. The fourth-order valence-electron chi connectivity index (χ4n) is 4.76. The average Bonchev–Trinajstić information content (AvgIpc) is 3.36. The number of unbranched alkanes of at least 4 members (excludes halogenated alkanes) is 2. The zero-order valence-electron chi connectivity index (χ0n) is 12.8. The Balaban J connectivity index is 1.56. The Bertz CT molecular complexity index is 647. The fourth-order valence-corrected chi connectivity index (χ4v) is 4.76. The Hall–Kier alpha value is -1.66. The zero-order chi connectivity index (χ0) is 14.3. The van der Waals surface area contributed by atoms with Crippen molar-refractivity contribution in [1.29, 1.82) is 0 Å². The van der Waals surface area contributed by atoms with Crippen LogP contribution in [0.2, 0.25) is 0 Å². The quantitative estimate of drug-likeness (QED) is 0.544. The third-order valence-corrected chi connectivity index (χ3v) is 5.84. The van der Waals surface area contributed by atoms with E-state index >= 15 is 0 Å². The second-order valence-corrected chi connectivity index (χ2v) is 6.80. The molecule has 3 saturated carbocycles. The summed E-state index contributed by atoms with van der Waals surface area (Å²) in [6.45, 7) is 2.23. The van der Waals surface area contributed by atoms with Crippen molar-refractivity contribution in [1.82, 2.24) is 0 Å². The van der Waals surface area contributed by atoms with Gasteiger partial charge in [-0.2, -0.15) is 0 Å². The Morgan fingerprint density at radius 3 is 2.48 bits per heavy atom. The lowest BCUT2D eigenvalue weighted by Gasteiger charge is -2.23. The Morgan fingerprint density at radius 1 is 1.05 bits per heavy atom. The molecule has 0 aliphatic heterocycles. The molecule has 1 aromatic rings. The standard InChI is InChI=1S/C21H22/c1-2-3-4-8-15-20-18-12-9-13-19(20)21(18,20)16-14-17-10-6-5-7-11-17/h5-7,10-11,18-19H,2-4,9,12-13H2,1H3. The van der Waals surface area contributed by atoms with Crippen molar-refractivity contribution < 1.29 is 0 Å². The van der Waals surface area contributed by atoms with Crippen LogP contribution in [0.3, 0.4) is 0 Å². The molecule has 1 aromatic carbocycles. The predicted molar refractivity (Wildman–Crippen MR) is 86.3 cm³/mol. The highest BCUT2D eigenvalue weighted by molar-refractivity contribution is 5.60. The largest absolute Gasteiger partial charge is 0.103 e. The highest BCUT2D eigenvalue weighted by atomic mass is 15.0. The molecule has 0 amide bonds. The average molecular weight is 274 g/mol. The summed E-state index contributed by atoms with van der Waals surface area (Å²) >= 11 is 0. The van der Waals surface area contributed by atoms with Crippen LogP contribution in [0.15, 0.2) is 30.3 Å². The fraction of sp³-hybridized carbons (Fsp3) is 0.524. The van der Waals surface area contributed by atoms with Gasteiger partial charge in [-0.1, -0.05) is 55.7 Å². The lowest BCUT2D eigenvalue weighted by molar-refractivity contribution is 0.282. The van der Waals surface area contributed by atoms with E-state index in [0.29, 0.717) is 10.8 Å². The van der Waals surface area contributed by atoms with E-state index in [-0.39, 0.29) is 0 Å². The normalized spacial score (nSPS) is 37.4. The van der Waals surface area contributed by atoms with E-state index in [1.54, 1.807) is 0 Å². The minimum Gasteiger partial charge on any atom is -0.103 e. The second-order valence-electron chi connectivity index (χ2n) is 6.80. The van der Waals surface area contributed by atoms with Gasteiger partial charge in [-0.3, -0.25) is 0 Å². The van der Waals surface area contributed by atoms with E-state index in [4.69, 9.17) is 0 Å². The third kappa shape index (κ3) is 1.66. The zero-order valence-corrected chi connectivity index (χ0v) is 12.8. The van der Waals surface area contributed by atoms with Crippen LogP contribution < -0.4 is 0 Å². The van der Waals surface area contributed by atoms with Gasteiger partial charge in [0.1, 0.15) is 0 Å². The van der Waals surface area contributed by atoms with E-state index in [2.05, 4.69) is 60.9 Å². The molecule has 0 radical (unpaired) electrons. The van der Waals surface area contributed by atoms with Crippen LogP contribution in [-0.2, 0) is 0 Å². The second kappa shape index (κ2) is 4.68. The van der Waals surface area contributed by atoms with Gasteiger partial charge in [0.15, 0.2) is 0 Å². The first-order valence-electron chi connectivity index (χ1n) is 8.44. The molecule has 106 valence electrons. The summed E-state index contributed by atoms with van der Waals surface area (Å²) in [5.41, 5.74) is 1.76. The van der Waals surface area contributed by atoms with Gasteiger partial charge < -0.3 is 0 Å². The number of hydrogen-bond donors (Lipinski definition) is 0. The molecule has 3 aliphatic carbocycles. The molecule has 2 atom stereocenters. The molecule has 0 bridgehead atoms. The summed E-state index contributed by atoms with van der Waals surface area (Å²) in [6.07, 6.45) is 7.64. The summed E-state index contributed by atoms with van der Waals surface area (Å²) in [4.78, 5) is 0. The van der Waals surface area contributed by atoms with Crippen LogP contribution in [0, 0.1) is 46.3 Å². The number of hydrogen-bond acceptors (Lipinski definition) is 0. The first-order valence-corrected chi connectivity index (χ1v) is 8.44. The van der Waals surface area contributed by atoms with E-state index < -0.39 is 0 Å². The van der Waals surface area contributed by atoms with E-state index in [0.717, 1.165) is 23.8 Å². The predicted octanol–water partition coefficient (Wildman–Crippen LogP) is 4.65. The Labute approximate surface area is 128 Å². The SMILES string of the molecule is CCCCC#CC12C3CCCC1C32C#Cc1ccccc1. The van der Waals surface area contributed by atoms with Crippen molar-refractivity contribution in [2.75, 3.05) is 0 Å². The molecule has 2 unspecified atom stereocenters. The molecular formula is C21H22. The third-order valence-electron chi connectivity index (χ3n) is 5.84. The summed E-state index contributed by atoms with van der Waals surface area (Å²) in [7, 11) is 0. The molecule has 3 aliphatic rings. The molecule has 0 aromatic heterocycles. The van der Waals surface area contributed by atoms with Gasteiger partial charge in [0.05, 0.1) is 10.8 Å². The summed E-state index contributed by atoms with van der Waals surface area (Å²) < 4.78 is 0. The molecule has 0 heterocycles. The van der Waals surface area contributed by atoms with Gasteiger partial charge in [-0.25, -0.2) is 0 Å². The summed E-state index contributed by atoms with van der Waals surface area (Å²) in [5, 5.41) is 0.